The van der Waals surface area contributed by atoms with E-state index in [1.807, 2.05) is 0 Å². The molecule has 0 radical (unpaired) electrons. The second kappa shape index (κ2) is 11.1. The summed E-state index contributed by atoms with van der Waals surface area (Å²) in [5.41, 5.74) is 7.83. The zero-order valence-electron chi connectivity index (χ0n) is 18.4. The second-order valence-electron chi connectivity index (χ2n) is 8.31. The highest BCUT2D eigenvalue weighted by atomic mass is 79.9. The molecule has 0 aliphatic heterocycles. The minimum absolute atomic E-state index is 0.430. The molecule has 4 aromatic rings. The SMILES string of the molecule is CCCCCC(c1ccc(-c2ccc(Br)cc2)cc1)c1ccc(-c2ccc(Br)cc2)cc1. The first-order valence-electron chi connectivity index (χ1n) is 11.4. The Morgan fingerprint density at radius 3 is 1.19 bits per heavy atom. The molecule has 0 fully saturated rings. The molecule has 32 heavy (non-hydrogen) atoms. The van der Waals surface area contributed by atoms with E-state index < -0.39 is 0 Å². The minimum atomic E-state index is 0.430. The van der Waals surface area contributed by atoms with E-state index in [1.165, 1.54) is 59.1 Å². The second-order valence-corrected chi connectivity index (χ2v) is 10.1. The van der Waals surface area contributed by atoms with Crippen LogP contribution in [0.25, 0.3) is 22.3 Å². The van der Waals surface area contributed by atoms with Crippen LogP contribution in [0, 0.1) is 0 Å². The van der Waals surface area contributed by atoms with Crippen LogP contribution in [0.2, 0.25) is 0 Å². The molecule has 0 heterocycles. The zero-order chi connectivity index (χ0) is 22.3. The Balaban J connectivity index is 1.59. The molecule has 0 N–H and O–H groups in total. The maximum atomic E-state index is 3.53. The summed E-state index contributed by atoms with van der Waals surface area (Å²) in [5, 5.41) is 0. The number of rotatable bonds is 8. The Morgan fingerprint density at radius 1 is 0.500 bits per heavy atom. The predicted molar refractivity (Wildman–Crippen MR) is 145 cm³/mol. The van der Waals surface area contributed by atoms with Crippen LogP contribution in [-0.2, 0) is 0 Å². The molecular weight excluding hydrogens is 520 g/mol. The standard InChI is InChI=1S/C30H28Br2/c1-2-3-4-5-30(26-10-6-22(7-11-26)24-14-18-28(31)19-15-24)27-12-8-23(9-13-27)25-16-20-29(32)21-17-25/h6-21,30H,2-5H2,1H3. The van der Waals surface area contributed by atoms with E-state index in [0.717, 1.165) is 8.95 Å². The van der Waals surface area contributed by atoms with Gasteiger partial charge in [-0.1, -0.05) is 131 Å². The molecule has 0 saturated heterocycles. The van der Waals surface area contributed by atoms with Gasteiger partial charge < -0.3 is 0 Å². The first-order chi connectivity index (χ1) is 15.6. The highest BCUT2D eigenvalue weighted by Gasteiger charge is 2.14. The summed E-state index contributed by atoms with van der Waals surface area (Å²) >= 11 is 7.05. The topological polar surface area (TPSA) is 0 Å². The maximum absolute atomic E-state index is 3.53. The van der Waals surface area contributed by atoms with Crippen molar-refractivity contribution in [2.75, 3.05) is 0 Å². The molecule has 0 spiro atoms. The summed E-state index contributed by atoms with van der Waals surface area (Å²) < 4.78 is 2.22. The van der Waals surface area contributed by atoms with Crippen molar-refractivity contribution in [3.8, 4) is 22.3 Å². The lowest BCUT2D eigenvalue weighted by molar-refractivity contribution is 0.618. The molecule has 0 saturated carbocycles. The van der Waals surface area contributed by atoms with Crippen LogP contribution in [-0.4, -0.2) is 0 Å². The predicted octanol–water partition coefficient (Wildman–Crippen LogP) is 10.3. The van der Waals surface area contributed by atoms with Gasteiger partial charge in [-0.15, -0.1) is 0 Å². The fraction of sp³-hybridized carbons (Fsp3) is 0.200. The Bertz CT molecular complexity index is 1020. The summed E-state index contributed by atoms with van der Waals surface area (Å²) in [6.07, 6.45) is 4.97. The van der Waals surface area contributed by atoms with Crippen LogP contribution >= 0.6 is 31.9 Å². The van der Waals surface area contributed by atoms with Crippen LogP contribution in [0.3, 0.4) is 0 Å². The van der Waals surface area contributed by atoms with Crippen molar-refractivity contribution in [1.29, 1.82) is 0 Å². The van der Waals surface area contributed by atoms with Gasteiger partial charge in [0, 0.05) is 14.9 Å². The van der Waals surface area contributed by atoms with Crippen molar-refractivity contribution in [1.82, 2.24) is 0 Å². The molecule has 4 rings (SSSR count). The van der Waals surface area contributed by atoms with Crippen molar-refractivity contribution < 1.29 is 0 Å². The van der Waals surface area contributed by atoms with Crippen LogP contribution in [0.1, 0.15) is 49.7 Å². The quantitative estimate of drug-likeness (QED) is 0.192. The van der Waals surface area contributed by atoms with Crippen molar-refractivity contribution >= 4 is 31.9 Å². The number of benzene rings is 4. The lowest BCUT2D eigenvalue weighted by Crippen LogP contribution is -2.02. The van der Waals surface area contributed by atoms with Crippen LogP contribution < -0.4 is 0 Å². The molecule has 0 nitrogen and oxygen atoms in total. The van der Waals surface area contributed by atoms with Gasteiger partial charge in [0.2, 0.25) is 0 Å². The van der Waals surface area contributed by atoms with E-state index in [2.05, 4.69) is 136 Å². The Labute approximate surface area is 209 Å². The van der Waals surface area contributed by atoms with Crippen molar-refractivity contribution in [2.45, 2.75) is 38.5 Å². The highest BCUT2D eigenvalue weighted by Crippen LogP contribution is 2.33. The normalized spacial score (nSPS) is 11.1. The molecule has 0 aliphatic rings. The Kier molecular flexibility index (Phi) is 8.00. The number of unbranched alkanes of at least 4 members (excludes halogenated alkanes) is 2. The van der Waals surface area contributed by atoms with E-state index >= 15 is 0 Å². The highest BCUT2D eigenvalue weighted by molar-refractivity contribution is 9.10. The minimum Gasteiger partial charge on any atom is -0.0654 e. The fourth-order valence-electron chi connectivity index (χ4n) is 4.22. The molecular formula is C30H28Br2. The molecule has 0 aromatic heterocycles. The van der Waals surface area contributed by atoms with Crippen LogP contribution in [0.5, 0.6) is 0 Å². The van der Waals surface area contributed by atoms with Crippen LogP contribution in [0.4, 0.5) is 0 Å². The lowest BCUT2D eigenvalue weighted by atomic mass is 9.85. The maximum Gasteiger partial charge on any atom is 0.0175 e. The Hall–Kier alpha value is -2.16. The average Bonchev–Trinajstić information content (AvgIpc) is 2.83. The van der Waals surface area contributed by atoms with E-state index in [9.17, 15) is 0 Å². The number of hydrogen-bond acceptors (Lipinski definition) is 0. The van der Waals surface area contributed by atoms with Crippen molar-refractivity contribution in [3.63, 3.8) is 0 Å². The van der Waals surface area contributed by atoms with Gasteiger partial charge in [0.15, 0.2) is 0 Å². The summed E-state index contributed by atoms with van der Waals surface area (Å²) in [7, 11) is 0. The smallest absolute Gasteiger partial charge is 0.0175 e. The molecule has 0 aliphatic carbocycles. The van der Waals surface area contributed by atoms with Gasteiger partial charge in [-0.3, -0.25) is 0 Å². The first-order valence-corrected chi connectivity index (χ1v) is 12.9. The molecule has 0 bridgehead atoms. The molecule has 2 heteroatoms. The zero-order valence-corrected chi connectivity index (χ0v) is 21.6. The van der Waals surface area contributed by atoms with Gasteiger partial charge in [-0.05, 0) is 64.1 Å². The van der Waals surface area contributed by atoms with Gasteiger partial charge in [-0.25, -0.2) is 0 Å². The summed E-state index contributed by atoms with van der Waals surface area (Å²) in [6, 6.07) is 35.4. The van der Waals surface area contributed by atoms with Gasteiger partial charge in [0.05, 0.1) is 0 Å². The summed E-state index contributed by atoms with van der Waals surface area (Å²) in [4.78, 5) is 0. The molecule has 0 unspecified atom stereocenters. The molecule has 0 amide bonds. The van der Waals surface area contributed by atoms with E-state index in [4.69, 9.17) is 0 Å². The third-order valence-electron chi connectivity index (χ3n) is 6.08. The van der Waals surface area contributed by atoms with E-state index in [-0.39, 0.29) is 0 Å². The van der Waals surface area contributed by atoms with Gasteiger partial charge in [-0.2, -0.15) is 0 Å². The fourth-order valence-corrected chi connectivity index (χ4v) is 4.75. The van der Waals surface area contributed by atoms with E-state index in [0.29, 0.717) is 5.92 Å². The van der Waals surface area contributed by atoms with Crippen molar-refractivity contribution in [3.05, 3.63) is 117 Å². The third kappa shape index (κ3) is 5.79. The van der Waals surface area contributed by atoms with Crippen molar-refractivity contribution in [2.24, 2.45) is 0 Å². The number of hydrogen-bond donors (Lipinski definition) is 0. The largest absolute Gasteiger partial charge is 0.0654 e. The third-order valence-corrected chi connectivity index (χ3v) is 7.13. The molecule has 162 valence electrons. The van der Waals surface area contributed by atoms with Gasteiger partial charge >= 0.3 is 0 Å². The van der Waals surface area contributed by atoms with Crippen LogP contribution in [0.15, 0.2) is 106 Å². The lowest BCUT2D eigenvalue weighted by Gasteiger charge is -2.19. The van der Waals surface area contributed by atoms with E-state index in [1.54, 1.807) is 0 Å². The molecule has 4 aromatic carbocycles. The summed E-state index contributed by atoms with van der Waals surface area (Å²) in [6.45, 7) is 2.27. The summed E-state index contributed by atoms with van der Waals surface area (Å²) in [5.74, 6) is 0.430. The Morgan fingerprint density at radius 2 is 0.844 bits per heavy atom. The van der Waals surface area contributed by atoms with Gasteiger partial charge in [0.25, 0.3) is 0 Å². The number of halogens is 2. The monoisotopic (exact) mass is 546 g/mol. The molecule has 0 atom stereocenters. The van der Waals surface area contributed by atoms with Gasteiger partial charge in [0.1, 0.15) is 0 Å². The first kappa shape index (κ1) is 23.0. The average molecular weight is 548 g/mol.